The fourth-order valence-electron chi connectivity index (χ4n) is 1.75. The Kier molecular flexibility index (Phi) is 7.13. The highest BCUT2D eigenvalue weighted by atomic mass is 32.2. The lowest BCUT2D eigenvalue weighted by Crippen LogP contribution is -2.45. The average molecular weight is 309 g/mol. The predicted octanol–water partition coefficient (Wildman–Crippen LogP) is 1.75. The zero-order valence-electron chi connectivity index (χ0n) is 13.0. The van der Waals surface area contributed by atoms with Gasteiger partial charge in [0.05, 0.1) is 11.4 Å². The first-order valence-electron chi connectivity index (χ1n) is 6.77. The normalized spacial score (nSPS) is 15.7. The first-order valence-corrected chi connectivity index (χ1v) is 8.38. The third kappa shape index (κ3) is 9.28. The molecule has 0 rings (SSSR count). The maximum Gasteiger partial charge on any atom is 0.264 e. The van der Waals surface area contributed by atoms with Crippen molar-refractivity contribution >= 4 is 16.0 Å². The summed E-state index contributed by atoms with van der Waals surface area (Å²) in [5.41, 5.74) is -0.967. The zero-order chi connectivity index (χ0) is 16.0. The molecule has 7 heteroatoms. The van der Waals surface area contributed by atoms with Crippen LogP contribution in [0, 0.1) is 0 Å². The third-order valence-corrected chi connectivity index (χ3v) is 4.09. The van der Waals surface area contributed by atoms with Crippen LogP contribution in [0.25, 0.3) is 0 Å². The van der Waals surface area contributed by atoms with E-state index < -0.39 is 15.7 Å². The number of carbonyl (C=O) groups is 1. The van der Waals surface area contributed by atoms with Crippen molar-refractivity contribution in [3.8, 4) is 0 Å². The molecule has 0 heterocycles. The molecule has 1 amide bonds. The van der Waals surface area contributed by atoms with Crippen LogP contribution in [0.2, 0.25) is 0 Å². The van der Waals surface area contributed by atoms with Crippen LogP contribution < -0.4 is 5.32 Å². The molecule has 0 aromatic carbocycles. The standard InChI is InChI=1S/C13H27NO5S/c1-6-13(5,14-11(2)15)7-9-19-12(3,4)8-10-20(16,17)18/h6-10H2,1-5H3,(H,14,15)(H,16,17,18). The van der Waals surface area contributed by atoms with E-state index in [4.69, 9.17) is 9.29 Å². The molecular weight excluding hydrogens is 282 g/mol. The van der Waals surface area contributed by atoms with Gasteiger partial charge in [-0.25, -0.2) is 0 Å². The highest BCUT2D eigenvalue weighted by Crippen LogP contribution is 2.20. The number of carbonyl (C=O) groups excluding carboxylic acids is 1. The van der Waals surface area contributed by atoms with E-state index >= 15 is 0 Å². The van der Waals surface area contributed by atoms with Crippen LogP contribution in [0.1, 0.15) is 53.9 Å². The maximum absolute atomic E-state index is 11.1. The lowest BCUT2D eigenvalue weighted by molar-refractivity contribution is -0.121. The van der Waals surface area contributed by atoms with Gasteiger partial charge in [0.1, 0.15) is 0 Å². The van der Waals surface area contributed by atoms with Crippen LogP contribution in [0.3, 0.4) is 0 Å². The fourth-order valence-corrected chi connectivity index (χ4v) is 2.50. The summed E-state index contributed by atoms with van der Waals surface area (Å²) >= 11 is 0. The van der Waals surface area contributed by atoms with Gasteiger partial charge in [-0.05, 0) is 40.0 Å². The molecule has 0 radical (unpaired) electrons. The highest BCUT2D eigenvalue weighted by molar-refractivity contribution is 7.85. The van der Waals surface area contributed by atoms with Crippen molar-refractivity contribution in [1.82, 2.24) is 5.32 Å². The summed E-state index contributed by atoms with van der Waals surface area (Å²) in [6.07, 6.45) is 1.63. The molecule has 0 saturated carbocycles. The Bertz CT molecular complexity index is 418. The summed E-state index contributed by atoms with van der Waals surface area (Å²) < 4.78 is 35.9. The molecule has 0 aliphatic heterocycles. The number of ether oxygens (including phenoxy) is 1. The molecule has 20 heavy (non-hydrogen) atoms. The SMILES string of the molecule is CCC(C)(CCOC(C)(C)CCS(=O)(=O)O)NC(C)=O. The number of hydrogen-bond acceptors (Lipinski definition) is 4. The summed E-state index contributed by atoms with van der Waals surface area (Å²) in [4.78, 5) is 11.1. The lowest BCUT2D eigenvalue weighted by atomic mass is 9.94. The molecule has 120 valence electrons. The molecule has 0 aromatic heterocycles. The van der Waals surface area contributed by atoms with Gasteiger partial charge in [-0.15, -0.1) is 0 Å². The molecule has 0 saturated heterocycles. The highest BCUT2D eigenvalue weighted by Gasteiger charge is 2.26. The second-order valence-electron chi connectivity index (χ2n) is 5.99. The van der Waals surface area contributed by atoms with Gasteiger partial charge < -0.3 is 10.1 Å². The molecule has 0 aliphatic carbocycles. The van der Waals surface area contributed by atoms with Crippen molar-refractivity contribution in [2.24, 2.45) is 0 Å². The molecule has 0 spiro atoms. The molecule has 0 bridgehead atoms. The van der Waals surface area contributed by atoms with E-state index in [1.54, 1.807) is 13.8 Å². The van der Waals surface area contributed by atoms with Crippen LogP contribution >= 0.6 is 0 Å². The Morgan fingerprint density at radius 2 is 1.80 bits per heavy atom. The Morgan fingerprint density at radius 1 is 1.25 bits per heavy atom. The van der Waals surface area contributed by atoms with Gasteiger partial charge in [-0.3, -0.25) is 9.35 Å². The van der Waals surface area contributed by atoms with Gasteiger partial charge in [0.15, 0.2) is 0 Å². The van der Waals surface area contributed by atoms with Crippen LogP contribution in [-0.2, 0) is 19.6 Å². The summed E-state index contributed by atoms with van der Waals surface area (Å²) in [6.45, 7) is 9.37. The smallest absolute Gasteiger partial charge is 0.264 e. The number of hydrogen-bond donors (Lipinski definition) is 2. The third-order valence-electron chi connectivity index (χ3n) is 3.37. The lowest BCUT2D eigenvalue weighted by Gasteiger charge is -2.32. The van der Waals surface area contributed by atoms with Gasteiger partial charge in [0.25, 0.3) is 10.1 Å². The van der Waals surface area contributed by atoms with E-state index in [9.17, 15) is 13.2 Å². The van der Waals surface area contributed by atoms with Crippen LogP contribution in [-0.4, -0.2) is 42.4 Å². The average Bonchev–Trinajstić information content (AvgIpc) is 2.24. The quantitative estimate of drug-likeness (QED) is 0.633. The molecule has 1 unspecified atom stereocenters. The van der Waals surface area contributed by atoms with Crippen LogP contribution in [0.5, 0.6) is 0 Å². The summed E-state index contributed by atoms with van der Waals surface area (Å²) in [7, 11) is -3.97. The number of rotatable bonds is 9. The van der Waals surface area contributed by atoms with Crippen molar-refractivity contribution in [2.75, 3.05) is 12.4 Å². The van der Waals surface area contributed by atoms with Gasteiger partial charge in [0.2, 0.25) is 5.91 Å². The van der Waals surface area contributed by atoms with E-state index in [-0.39, 0.29) is 23.6 Å². The minimum absolute atomic E-state index is 0.0833. The van der Waals surface area contributed by atoms with E-state index in [0.717, 1.165) is 6.42 Å². The number of nitrogens with one attached hydrogen (secondary N) is 1. The van der Waals surface area contributed by atoms with E-state index in [0.29, 0.717) is 13.0 Å². The summed E-state index contributed by atoms with van der Waals surface area (Å²) in [5, 5.41) is 2.89. The predicted molar refractivity (Wildman–Crippen MR) is 78.2 cm³/mol. The Morgan fingerprint density at radius 3 is 2.20 bits per heavy atom. The van der Waals surface area contributed by atoms with Crippen LogP contribution in [0.15, 0.2) is 0 Å². The van der Waals surface area contributed by atoms with Crippen LogP contribution in [0.4, 0.5) is 0 Å². The van der Waals surface area contributed by atoms with Gasteiger partial charge in [0, 0.05) is 19.1 Å². The minimum atomic E-state index is -3.97. The van der Waals surface area contributed by atoms with Crippen molar-refractivity contribution in [2.45, 2.75) is 65.0 Å². The Hall–Kier alpha value is -0.660. The van der Waals surface area contributed by atoms with Crippen molar-refractivity contribution in [3.63, 3.8) is 0 Å². The molecule has 0 fully saturated rings. The molecule has 2 N–H and O–H groups in total. The van der Waals surface area contributed by atoms with Crippen molar-refractivity contribution in [3.05, 3.63) is 0 Å². The van der Waals surface area contributed by atoms with E-state index in [2.05, 4.69) is 5.32 Å². The monoisotopic (exact) mass is 309 g/mol. The minimum Gasteiger partial charge on any atom is -0.375 e. The zero-order valence-corrected chi connectivity index (χ0v) is 13.8. The van der Waals surface area contributed by atoms with Gasteiger partial charge in [-0.1, -0.05) is 6.92 Å². The second-order valence-corrected chi connectivity index (χ2v) is 7.56. The van der Waals surface area contributed by atoms with Gasteiger partial charge >= 0.3 is 0 Å². The first kappa shape index (κ1) is 19.3. The fraction of sp³-hybridized carbons (Fsp3) is 0.923. The Balaban J connectivity index is 4.29. The topological polar surface area (TPSA) is 92.7 Å². The van der Waals surface area contributed by atoms with Crippen molar-refractivity contribution in [1.29, 1.82) is 0 Å². The largest absolute Gasteiger partial charge is 0.375 e. The molecule has 0 aliphatic rings. The summed E-state index contributed by atoms with van der Waals surface area (Å²) in [6, 6.07) is 0. The molecular formula is C13H27NO5S. The first-order chi connectivity index (χ1) is 8.89. The molecule has 6 nitrogen and oxygen atoms in total. The maximum atomic E-state index is 11.1. The Labute approximate surface area is 122 Å². The summed E-state index contributed by atoms with van der Waals surface area (Å²) in [5.74, 6) is -0.406. The van der Waals surface area contributed by atoms with Crippen molar-refractivity contribution < 1.29 is 22.5 Å². The van der Waals surface area contributed by atoms with E-state index in [1.807, 2.05) is 13.8 Å². The molecule has 1 atom stereocenters. The number of amides is 1. The second kappa shape index (κ2) is 7.38. The van der Waals surface area contributed by atoms with Gasteiger partial charge in [-0.2, -0.15) is 8.42 Å². The molecule has 0 aromatic rings. The van der Waals surface area contributed by atoms with E-state index in [1.165, 1.54) is 6.92 Å².